The van der Waals surface area contributed by atoms with Crippen molar-refractivity contribution in [2.75, 3.05) is 5.32 Å². The minimum Gasteiger partial charge on any atom is -0.376 e. The lowest BCUT2D eigenvalue weighted by molar-refractivity contribution is 0.582. The summed E-state index contributed by atoms with van der Waals surface area (Å²) in [6.45, 7) is 5.07. The van der Waals surface area contributed by atoms with Gasteiger partial charge in [0.05, 0.1) is 23.6 Å². The summed E-state index contributed by atoms with van der Waals surface area (Å²) in [5.74, 6) is -1.23. The number of hydrogen-bond donors (Lipinski definition) is 1. The Morgan fingerprint density at radius 2 is 2.05 bits per heavy atom. The van der Waals surface area contributed by atoms with Gasteiger partial charge in [-0.3, -0.25) is 4.68 Å². The molecule has 0 fully saturated rings. The number of anilines is 1. The molecule has 2 rings (SSSR count). The molecule has 1 heterocycles. The van der Waals surface area contributed by atoms with Gasteiger partial charge in [0.15, 0.2) is 0 Å². The van der Waals surface area contributed by atoms with Gasteiger partial charge in [0, 0.05) is 17.1 Å². The second-order valence-corrected chi connectivity index (χ2v) is 5.05. The zero-order chi connectivity index (χ0) is 14.0. The molecule has 19 heavy (non-hydrogen) atoms. The van der Waals surface area contributed by atoms with Crippen molar-refractivity contribution in [2.24, 2.45) is 0 Å². The van der Waals surface area contributed by atoms with Crippen LogP contribution in [0.15, 0.2) is 22.7 Å². The number of rotatable bonds is 4. The molecular formula is C13H14BrF2N3. The fourth-order valence-corrected chi connectivity index (χ4v) is 2.45. The Hall–Kier alpha value is -1.43. The van der Waals surface area contributed by atoms with Crippen LogP contribution in [0.1, 0.15) is 18.3 Å². The van der Waals surface area contributed by atoms with Gasteiger partial charge < -0.3 is 5.32 Å². The lowest BCUT2D eigenvalue weighted by Crippen LogP contribution is -2.09. The van der Waals surface area contributed by atoms with E-state index in [2.05, 4.69) is 26.3 Å². The lowest BCUT2D eigenvalue weighted by Gasteiger charge is -2.10. The van der Waals surface area contributed by atoms with Crippen molar-refractivity contribution in [3.63, 3.8) is 0 Å². The fourth-order valence-electron chi connectivity index (χ4n) is 1.91. The molecule has 0 saturated heterocycles. The van der Waals surface area contributed by atoms with Crippen LogP contribution in [0.2, 0.25) is 0 Å². The molecule has 3 nitrogen and oxygen atoms in total. The van der Waals surface area contributed by atoms with Crippen molar-refractivity contribution in [1.29, 1.82) is 0 Å². The van der Waals surface area contributed by atoms with Gasteiger partial charge in [-0.25, -0.2) is 8.78 Å². The molecule has 0 spiro atoms. The molecular weight excluding hydrogens is 316 g/mol. The van der Waals surface area contributed by atoms with Crippen LogP contribution in [0.25, 0.3) is 0 Å². The second kappa shape index (κ2) is 5.69. The van der Waals surface area contributed by atoms with Gasteiger partial charge in [0.1, 0.15) is 11.6 Å². The van der Waals surface area contributed by atoms with Crippen molar-refractivity contribution >= 4 is 21.6 Å². The Balaban J connectivity index is 2.19. The van der Waals surface area contributed by atoms with Crippen molar-refractivity contribution in [2.45, 2.75) is 26.9 Å². The number of aryl methyl sites for hydroxylation is 2. The normalized spacial score (nSPS) is 10.8. The average Bonchev–Trinajstić information content (AvgIpc) is 2.68. The topological polar surface area (TPSA) is 29.9 Å². The summed E-state index contributed by atoms with van der Waals surface area (Å²) >= 11 is 3.15. The van der Waals surface area contributed by atoms with Crippen molar-refractivity contribution in [1.82, 2.24) is 9.78 Å². The first kappa shape index (κ1) is 14.0. The SMILES string of the molecule is CCn1nc(C)cc1CNc1c(F)cc(F)cc1Br. The molecule has 1 N–H and O–H groups in total. The summed E-state index contributed by atoms with van der Waals surface area (Å²) in [5.41, 5.74) is 2.12. The number of aromatic nitrogens is 2. The van der Waals surface area contributed by atoms with E-state index in [4.69, 9.17) is 0 Å². The van der Waals surface area contributed by atoms with E-state index in [1.165, 1.54) is 6.07 Å². The lowest BCUT2D eigenvalue weighted by atomic mass is 10.3. The number of nitrogens with zero attached hydrogens (tertiary/aromatic N) is 2. The third-order valence-corrected chi connectivity index (χ3v) is 3.36. The monoisotopic (exact) mass is 329 g/mol. The Bertz CT molecular complexity index is 573. The zero-order valence-corrected chi connectivity index (χ0v) is 12.3. The number of halogens is 3. The van der Waals surface area contributed by atoms with Crippen LogP contribution in [-0.2, 0) is 13.1 Å². The zero-order valence-electron chi connectivity index (χ0n) is 10.7. The molecule has 0 amide bonds. The van der Waals surface area contributed by atoms with E-state index in [-0.39, 0.29) is 5.69 Å². The molecule has 0 radical (unpaired) electrons. The predicted molar refractivity (Wildman–Crippen MR) is 74.0 cm³/mol. The minimum atomic E-state index is -0.619. The second-order valence-electron chi connectivity index (χ2n) is 4.19. The standard InChI is InChI=1S/C13H14BrF2N3/c1-3-19-10(4-8(2)18-19)7-17-13-11(14)5-9(15)6-12(13)16/h4-6,17H,3,7H2,1-2H3. The number of hydrogen-bond acceptors (Lipinski definition) is 2. The van der Waals surface area contributed by atoms with Gasteiger partial charge in [-0.15, -0.1) is 0 Å². The Morgan fingerprint density at radius 1 is 1.32 bits per heavy atom. The first-order chi connectivity index (χ1) is 9.01. The molecule has 0 atom stereocenters. The highest BCUT2D eigenvalue weighted by Gasteiger charge is 2.10. The smallest absolute Gasteiger partial charge is 0.150 e. The Kier molecular flexibility index (Phi) is 4.19. The van der Waals surface area contributed by atoms with Crippen molar-refractivity contribution in [3.8, 4) is 0 Å². The summed E-state index contributed by atoms with van der Waals surface area (Å²) in [5, 5.41) is 7.27. The predicted octanol–water partition coefficient (Wildman–Crippen LogP) is 3.86. The van der Waals surface area contributed by atoms with E-state index in [1.54, 1.807) is 0 Å². The summed E-state index contributed by atoms with van der Waals surface area (Å²) in [6, 6.07) is 4.02. The van der Waals surface area contributed by atoms with Crippen LogP contribution in [0.3, 0.4) is 0 Å². The first-order valence-corrected chi connectivity index (χ1v) is 6.72. The third-order valence-electron chi connectivity index (χ3n) is 2.74. The first-order valence-electron chi connectivity index (χ1n) is 5.93. The highest BCUT2D eigenvalue weighted by molar-refractivity contribution is 9.10. The number of benzene rings is 1. The van der Waals surface area contributed by atoms with E-state index in [1.807, 2.05) is 24.6 Å². The maximum atomic E-state index is 13.6. The molecule has 1 aromatic heterocycles. The minimum absolute atomic E-state index is 0.253. The van der Waals surface area contributed by atoms with Crippen molar-refractivity contribution in [3.05, 3.63) is 45.7 Å². The average molecular weight is 330 g/mol. The summed E-state index contributed by atoms with van der Waals surface area (Å²) in [7, 11) is 0. The van der Waals surface area contributed by atoms with Crippen molar-refractivity contribution < 1.29 is 8.78 Å². The molecule has 2 aromatic rings. The van der Waals surface area contributed by atoms with Gasteiger partial charge >= 0.3 is 0 Å². The Morgan fingerprint density at radius 3 is 2.68 bits per heavy atom. The van der Waals surface area contributed by atoms with Crippen LogP contribution in [-0.4, -0.2) is 9.78 Å². The van der Waals surface area contributed by atoms with Gasteiger partial charge in [-0.2, -0.15) is 5.10 Å². The van der Waals surface area contributed by atoms with Crippen LogP contribution in [0.4, 0.5) is 14.5 Å². The summed E-state index contributed by atoms with van der Waals surface area (Å²) in [6.07, 6.45) is 0. The molecule has 0 aliphatic rings. The van der Waals surface area contributed by atoms with Crippen LogP contribution >= 0.6 is 15.9 Å². The van der Waals surface area contributed by atoms with Gasteiger partial charge in [0.25, 0.3) is 0 Å². The highest BCUT2D eigenvalue weighted by Crippen LogP contribution is 2.27. The molecule has 0 aliphatic heterocycles. The molecule has 0 bridgehead atoms. The summed E-state index contributed by atoms with van der Waals surface area (Å²) in [4.78, 5) is 0. The van der Waals surface area contributed by atoms with Gasteiger partial charge in [-0.1, -0.05) is 0 Å². The molecule has 0 saturated carbocycles. The molecule has 0 unspecified atom stereocenters. The maximum Gasteiger partial charge on any atom is 0.150 e. The van der Waals surface area contributed by atoms with Gasteiger partial charge in [-0.05, 0) is 41.9 Å². The van der Waals surface area contributed by atoms with Crippen LogP contribution < -0.4 is 5.32 Å². The molecule has 102 valence electrons. The Labute approximate surface area is 118 Å². The van der Waals surface area contributed by atoms with Gasteiger partial charge in [0.2, 0.25) is 0 Å². The fraction of sp³-hybridized carbons (Fsp3) is 0.308. The third kappa shape index (κ3) is 3.12. The molecule has 0 aliphatic carbocycles. The highest BCUT2D eigenvalue weighted by atomic mass is 79.9. The molecule has 6 heteroatoms. The van der Waals surface area contributed by atoms with E-state index in [0.29, 0.717) is 11.0 Å². The van der Waals surface area contributed by atoms with Crippen LogP contribution in [0.5, 0.6) is 0 Å². The van der Waals surface area contributed by atoms with E-state index in [0.717, 1.165) is 24.0 Å². The molecule has 1 aromatic carbocycles. The van der Waals surface area contributed by atoms with Crippen LogP contribution in [0, 0.1) is 18.6 Å². The quantitative estimate of drug-likeness (QED) is 0.922. The van der Waals surface area contributed by atoms with E-state index >= 15 is 0 Å². The number of nitrogens with one attached hydrogen (secondary N) is 1. The largest absolute Gasteiger partial charge is 0.376 e. The maximum absolute atomic E-state index is 13.6. The van der Waals surface area contributed by atoms with E-state index < -0.39 is 11.6 Å². The summed E-state index contributed by atoms with van der Waals surface area (Å²) < 4.78 is 28.8. The van der Waals surface area contributed by atoms with E-state index in [9.17, 15) is 8.78 Å².